The smallest absolute Gasteiger partial charge is 0.337 e. The Hall–Kier alpha value is -2.71. The summed E-state index contributed by atoms with van der Waals surface area (Å²) < 4.78 is 31.7. The number of hydrogen-bond donors (Lipinski definition) is 1. The fraction of sp³-hybridized carbons (Fsp3) is 0.391. The van der Waals surface area contributed by atoms with E-state index < -0.39 is 21.9 Å². The minimum Gasteiger partial charge on any atom is -0.465 e. The van der Waals surface area contributed by atoms with Gasteiger partial charge in [0.05, 0.1) is 24.3 Å². The van der Waals surface area contributed by atoms with Crippen LogP contribution in [0.15, 0.2) is 54.6 Å². The Morgan fingerprint density at radius 2 is 1.90 bits per heavy atom. The van der Waals surface area contributed by atoms with Crippen LogP contribution in [0.2, 0.25) is 0 Å². The highest BCUT2D eigenvalue weighted by Gasteiger charge is 2.32. The van der Waals surface area contributed by atoms with E-state index in [-0.39, 0.29) is 18.2 Å². The van der Waals surface area contributed by atoms with Gasteiger partial charge in [-0.2, -0.15) is 0 Å². The summed E-state index contributed by atoms with van der Waals surface area (Å²) in [6, 6.07) is 16.3. The third-order valence-corrected chi connectivity index (χ3v) is 7.33. The highest BCUT2D eigenvalue weighted by molar-refractivity contribution is 7.89. The third-order valence-electron chi connectivity index (χ3n) is 5.41. The number of carbonyl (C=O) groups is 2. The Morgan fingerprint density at radius 1 is 1.13 bits per heavy atom. The molecule has 166 valence electrons. The molecule has 1 heterocycles. The molecule has 2 aromatic carbocycles. The summed E-state index contributed by atoms with van der Waals surface area (Å²) in [5.41, 5.74) is 1.94. The van der Waals surface area contributed by atoms with Crippen LogP contribution in [0.5, 0.6) is 0 Å². The number of carbonyl (C=O) groups excluding carboxylic acids is 2. The molecule has 2 aromatic rings. The molecule has 1 aliphatic heterocycles. The average molecular weight is 445 g/mol. The zero-order valence-corrected chi connectivity index (χ0v) is 18.4. The first-order valence-electron chi connectivity index (χ1n) is 10.4. The lowest BCUT2D eigenvalue weighted by Crippen LogP contribution is -2.44. The lowest BCUT2D eigenvalue weighted by Gasteiger charge is -2.31. The highest BCUT2D eigenvalue weighted by atomic mass is 32.2. The Morgan fingerprint density at radius 3 is 2.65 bits per heavy atom. The summed E-state index contributed by atoms with van der Waals surface area (Å²) in [6.07, 6.45) is 2.51. The molecule has 7 nitrogen and oxygen atoms in total. The van der Waals surface area contributed by atoms with E-state index in [2.05, 4.69) is 5.32 Å². The largest absolute Gasteiger partial charge is 0.465 e. The maximum absolute atomic E-state index is 12.8. The van der Waals surface area contributed by atoms with Gasteiger partial charge in [-0.15, -0.1) is 0 Å². The van der Waals surface area contributed by atoms with E-state index in [0.29, 0.717) is 43.5 Å². The molecule has 1 fully saturated rings. The average Bonchev–Trinajstić information content (AvgIpc) is 2.79. The van der Waals surface area contributed by atoms with Gasteiger partial charge in [-0.3, -0.25) is 4.79 Å². The van der Waals surface area contributed by atoms with Crippen molar-refractivity contribution in [2.75, 3.05) is 31.3 Å². The molecular formula is C23H28N2O5S. The van der Waals surface area contributed by atoms with Crippen molar-refractivity contribution in [1.29, 1.82) is 0 Å². The van der Waals surface area contributed by atoms with E-state index in [9.17, 15) is 18.0 Å². The summed E-state index contributed by atoms with van der Waals surface area (Å²) in [6.45, 7) is 0.617. The molecule has 0 saturated carbocycles. The van der Waals surface area contributed by atoms with Crippen LogP contribution in [0.4, 0.5) is 5.69 Å². The van der Waals surface area contributed by atoms with Gasteiger partial charge in [0.1, 0.15) is 0 Å². The second-order valence-corrected chi connectivity index (χ2v) is 9.75. The minimum atomic E-state index is -3.42. The molecular weight excluding hydrogens is 416 g/mol. The molecule has 0 radical (unpaired) electrons. The van der Waals surface area contributed by atoms with E-state index in [1.165, 1.54) is 11.4 Å². The molecule has 0 spiro atoms. The van der Waals surface area contributed by atoms with Crippen LogP contribution in [0.25, 0.3) is 0 Å². The van der Waals surface area contributed by atoms with Gasteiger partial charge >= 0.3 is 5.97 Å². The summed E-state index contributed by atoms with van der Waals surface area (Å²) in [4.78, 5) is 24.4. The Balaban J connectivity index is 1.56. The lowest BCUT2D eigenvalue weighted by atomic mass is 9.98. The quantitative estimate of drug-likeness (QED) is 0.632. The van der Waals surface area contributed by atoms with Crippen molar-refractivity contribution in [2.24, 2.45) is 5.92 Å². The van der Waals surface area contributed by atoms with Crippen LogP contribution in [0, 0.1) is 5.92 Å². The number of benzene rings is 2. The van der Waals surface area contributed by atoms with E-state index >= 15 is 0 Å². The van der Waals surface area contributed by atoms with Crippen molar-refractivity contribution in [3.8, 4) is 0 Å². The number of sulfonamides is 1. The molecule has 0 bridgehead atoms. The number of piperidine rings is 1. The lowest BCUT2D eigenvalue weighted by molar-refractivity contribution is -0.120. The van der Waals surface area contributed by atoms with E-state index in [4.69, 9.17) is 4.74 Å². The molecule has 0 aliphatic carbocycles. The normalized spacial score (nSPS) is 17.1. The number of methoxy groups -OCH3 is 1. The van der Waals surface area contributed by atoms with Gasteiger partial charge in [0, 0.05) is 18.8 Å². The zero-order chi connectivity index (χ0) is 22.3. The van der Waals surface area contributed by atoms with Gasteiger partial charge in [0.15, 0.2) is 0 Å². The molecule has 1 unspecified atom stereocenters. The van der Waals surface area contributed by atoms with E-state index in [1.54, 1.807) is 24.3 Å². The van der Waals surface area contributed by atoms with Gasteiger partial charge in [0.25, 0.3) is 0 Å². The van der Waals surface area contributed by atoms with Crippen LogP contribution < -0.4 is 5.32 Å². The number of hydrogen-bond acceptors (Lipinski definition) is 5. The van der Waals surface area contributed by atoms with Gasteiger partial charge in [0.2, 0.25) is 15.9 Å². The van der Waals surface area contributed by atoms with Crippen molar-refractivity contribution in [1.82, 2.24) is 4.31 Å². The second kappa shape index (κ2) is 10.5. The van der Waals surface area contributed by atoms with Crippen molar-refractivity contribution in [3.05, 3.63) is 65.7 Å². The molecule has 31 heavy (non-hydrogen) atoms. The summed E-state index contributed by atoms with van der Waals surface area (Å²) >= 11 is 0. The Labute approximate surface area is 183 Å². The number of ether oxygens (including phenoxy) is 1. The van der Waals surface area contributed by atoms with Crippen molar-refractivity contribution < 1.29 is 22.7 Å². The SMILES string of the molecule is COC(=O)c1cccc(NC(=O)C2CCCN(S(=O)(=O)CCCc3ccccc3)C2)c1. The summed E-state index contributed by atoms with van der Waals surface area (Å²) in [7, 11) is -2.13. The number of aryl methyl sites for hydroxylation is 1. The van der Waals surface area contributed by atoms with Crippen molar-refractivity contribution in [3.63, 3.8) is 0 Å². The van der Waals surface area contributed by atoms with Crippen molar-refractivity contribution in [2.45, 2.75) is 25.7 Å². The monoisotopic (exact) mass is 444 g/mol. The summed E-state index contributed by atoms with van der Waals surface area (Å²) in [5, 5.41) is 2.80. The van der Waals surface area contributed by atoms with Crippen LogP contribution in [0.1, 0.15) is 35.2 Å². The van der Waals surface area contributed by atoms with Crippen LogP contribution in [-0.4, -0.2) is 50.6 Å². The van der Waals surface area contributed by atoms with E-state index in [1.807, 2.05) is 30.3 Å². The van der Waals surface area contributed by atoms with Crippen LogP contribution >= 0.6 is 0 Å². The molecule has 3 rings (SSSR count). The second-order valence-electron chi connectivity index (χ2n) is 7.66. The Bertz CT molecular complexity index is 1010. The highest BCUT2D eigenvalue weighted by Crippen LogP contribution is 2.22. The molecule has 1 N–H and O–H groups in total. The number of esters is 1. The van der Waals surface area contributed by atoms with Gasteiger partial charge in [-0.25, -0.2) is 17.5 Å². The predicted molar refractivity (Wildman–Crippen MR) is 119 cm³/mol. The van der Waals surface area contributed by atoms with Gasteiger partial charge in [-0.05, 0) is 49.4 Å². The van der Waals surface area contributed by atoms with Gasteiger partial charge < -0.3 is 10.1 Å². The number of anilines is 1. The first kappa shape index (κ1) is 23.0. The summed E-state index contributed by atoms with van der Waals surface area (Å²) in [5.74, 6) is -1.09. The van der Waals surface area contributed by atoms with Crippen LogP contribution in [0.3, 0.4) is 0 Å². The fourth-order valence-electron chi connectivity index (χ4n) is 3.73. The minimum absolute atomic E-state index is 0.0669. The zero-order valence-electron chi connectivity index (χ0n) is 17.6. The Kier molecular flexibility index (Phi) is 7.81. The number of rotatable bonds is 8. The van der Waals surface area contributed by atoms with E-state index in [0.717, 1.165) is 5.56 Å². The molecule has 0 aromatic heterocycles. The maximum Gasteiger partial charge on any atom is 0.337 e. The predicted octanol–water partition coefficient (Wildman–Crippen LogP) is 3.09. The first-order valence-corrected chi connectivity index (χ1v) is 12.0. The number of amides is 1. The standard InChI is InChI=1S/C23H28N2O5S/c1-30-23(27)19-11-5-13-21(16-19)24-22(26)20-12-6-14-25(17-20)31(28,29)15-7-10-18-8-3-2-4-9-18/h2-5,8-9,11,13,16,20H,6-7,10,12,14-15,17H2,1H3,(H,24,26). The maximum atomic E-state index is 12.8. The van der Waals surface area contributed by atoms with Gasteiger partial charge in [-0.1, -0.05) is 36.4 Å². The fourth-order valence-corrected chi connectivity index (χ4v) is 5.31. The number of nitrogens with zero attached hydrogens (tertiary/aromatic N) is 1. The molecule has 1 atom stereocenters. The first-order chi connectivity index (χ1) is 14.9. The van der Waals surface area contributed by atoms with Crippen LogP contribution in [-0.2, 0) is 26.0 Å². The topological polar surface area (TPSA) is 92.8 Å². The molecule has 1 amide bonds. The molecule has 1 saturated heterocycles. The third kappa shape index (κ3) is 6.38. The number of nitrogens with one attached hydrogen (secondary N) is 1. The molecule has 1 aliphatic rings. The molecule has 8 heteroatoms. The van der Waals surface area contributed by atoms with Crippen molar-refractivity contribution >= 4 is 27.6 Å².